The Morgan fingerprint density at radius 3 is 2.69 bits per heavy atom. The first-order valence-electron chi connectivity index (χ1n) is 7.04. The van der Waals surface area contributed by atoms with Gasteiger partial charge in [0.25, 0.3) is 0 Å². The van der Waals surface area contributed by atoms with Crippen LogP contribution in [0.1, 0.15) is 59.8 Å². The molecule has 0 aliphatic heterocycles. The van der Waals surface area contributed by atoms with Crippen molar-refractivity contribution in [2.45, 2.75) is 65.8 Å². The van der Waals surface area contributed by atoms with Crippen molar-refractivity contribution in [3.8, 4) is 0 Å². The Hall–Kier alpha value is -0.300. The Kier molecular flexibility index (Phi) is 6.12. The predicted octanol–water partition coefficient (Wildman–Crippen LogP) is 4.15. The molecule has 0 aromatic rings. The van der Waals surface area contributed by atoms with Crippen LogP contribution >= 0.6 is 0 Å². The zero-order valence-electron chi connectivity index (χ0n) is 11.6. The molecule has 0 bridgehead atoms. The molecule has 0 aromatic heterocycles. The largest absolute Gasteiger partial charge is 0.311 e. The second kappa shape index (κ2) is 7.11. The minimum Gasteiger partial charge on any atom is -0.311 e. The molecule has 16 heavy (non-hydrogen) atoms. The number of allylic oxidation sites excluding steroid dienone is 1. The van der Waals surface area contributed by atoms with Crippen molar-refractivity contribution in [3.05, 3.63) is 11.6 Å². The van der Waals surface area contributed by atoms with Gasteiger partial charge in [-0.3, -0.25) is 0 Å². The third kappa shape index (κ3) is 5.16. The summed E-state index contributed by atoms with van der Waals surface area (Å²) >= 11 is 0. The molecule has 0 radical (unpaired) electrons. The monoisotopic (exact) mass is 223 g/mol. The summed E-state index contributed by atoms with van der Waals surface area (Å²) in [6.07, 6.45) is 9.45. The summed E-state index contributed by atoms with van der Waals surface area (Å²) in [5, 5.41) is 3.53. The number of nitrogens with one attached hydrogen (secondary N) is 1. The van der Waals surface area contributed by atoms with Crippen molar-refractivity contribution in [3.63, 3.8) is 0 Å². The van der Waals surface area contributed by atoms with Crippen LogP contribution in [-0.4, -0.2) is 12.6 Å². The number of hydrogen-bond acceptors (Lipinski definition) is 1. The molecule has 2 unspecified atom stereocenters. The van der Waals surface area contributed by atoms with Crippen molar-refractivity contribution in [2.24, 2.45) is 11.8 Å². The Bertz CT molecular complexity index is 217. The molecular weight excluding hydrogens is 194 g/mol. The lowest BCUT2D eigenvalue weighted by molar-refractivity contribution is 0.323. The first-order chi connectivity index (χ1) is 7.61. The second-order valence-electron chi connectivity index (χ2n) is 5.75. The average Bonchev–Trinajstić information content (AvgIpc) is 2.24. The molecule has 94 valence electrons. The molecular formula is C15H29N. The summed E-state index contributed by atoms with van der Waals surface area (Å²) in [6.45, 7) is 10.2. The summed E-state index contributed by atoms with van der Waals surface area (Å²) in [6, 6.07) is 0.597. The molecule has 0 heterocycles. The van der Waals surface area contributed by atoms with Crippen molar-refractivity contribution >= 4 is 0 Å². The maximum Gasteiger partial charge on any atom is 0.0166 e. The van der Waals surface area contributed by atoms with E-state index < -0.39 is 0 Å². The van der Waals surface area contributed by atoms with E-state index in [-0.39, 0.29) is 0 Å². The Morgan fingerprint density at radius 2 is 2.12 bits per heavy atom. The van der Waals surface area contributed by atoms with Crippen molar-refractivity contribution < 1.29 is 0 Å². The SMILES string of the molecule is CC/C(=C\C1CCCC(C)C1)CNC(C)C. The van der Waals surface area contributed by atoms with Gasteiger partial charge in [-0.2, -0.15) is 0 Å². The summed E-state index contributed by atoms with van der Waals surface area (Å²) in [5.41, 5.74) is 1.60. The summed E-state index contributed by atoms with van der Waals surface area (Å²) in [4.78, 5) is 0. The van der Waals surface area contributed by atoms with E-state index in [0.717, 1.165) is 18.4 Å². The van der Waals surface area contributed by atoms with E-state index in [1.54, 1.807) is 5.57 Å². The first-order valence-corrected chi connectivity index (χ1v) is 7.04. The van der Waals surface area contributed by atoms with Gasteiger partial charge in [-0.15, -0.1) is 0 Å². The Balaban J connectivity index is 2.43. The van der Waals surface area contributed by atoms with Gasteiger partial charge < -0.3 is 5.32 Å². The van der Waals surface area contributed by atoms with Crippen LogP contribution in [-0.2, 0) is 0 Å². The standard InChI is InChI=1S/C15H29N/c1-5-14(11-16-12(2)3)10-15-8-6-7-13(4)9-15/h10,12-13,15-16H,5-9,11H2,1-4H3/b14-10+. The van der Waals surface area contributed by atoms with Gasteiger partial charge in [0.2, 0.25) is 0 Å². The van der Waals surface area contributed by atoms with Crippen LogP contribution in [0.5, 0.6) is 0 Å². The van der Waals surface area contributed by atoms with E-state index in [1.165, 1.54) is 32.1 Å². The van der Waals surface area contributed by atoms with Gasteiger partial charge in [-0.05, 0) is 31.1 Å². The lowest BCUT2D eigenvalue weighted by Crippen LogP contribution is -2.25. The van der Waals surface area contributed by atoms with Gasteiger partial charge in [-0.25, -0.2) is 0 Å². The van der Waals surface area contributed by atoms with Crippen LogP contribution in [0.15, 0.2) is 11.6 Å². The highest BCUT2D eigenvalue weighted by atomic mass is 14.9. The second-order valence-corrected chi connectivity index (χ2v) is 5.75. The lowest BCUT2D eigenvalue weighted by Gasteiger charge is -2.25. The zero-order chi connectivity index (χ0) is 12.0. The van der Waals surface area contributed by atoms with E-state index in [2.05, 4.69) is 39.1 Å². The third-order valence-electron chi connectivity index (χ3n) is 3.64. The fourth-order valence-electron chi connectivity index (χ4n) is 2.60. The van der Waals surface area contributed by atoms with Crippen LogP contribution in [0.2, 0.25) is 0 Å². The molecule has 1 N–H and O–H groups in total. The van der Waals surface area contributed by atoms with Crippen molar-refractivity contribution in [2.75, 3.05) is 6.54 Å². The molecule has 2 atom stereocenters. The van der Waals surface area contributed by atoms with Gasteiger partial charge in [-0.1, -0.05) is 52.2 Å². The summed E-state index contributed by atoms with van der Waals surface area (Å²) in [7, 11) is 0. The molecule has 1 saturated carbocycles. The molecule has 1 fully saturated rings. The minimum atomic E-state index is 0.597. The zero-order valence-corrected chi connectivity index (χ0v) is 11.6. The Labute approximate surface area is 102 Å². The van der Waals surface area contributed by atoms with E-state index in [9.17, 15) is 0 Å². The highest BCUT2D eigenvalue weighted by Crippen LogP contribution is 2.30. The molecule has 1 heteroatoms. The van der Waals surface area contributed by atoms with Crippen molar-refractivity contribution in [1.29, 1.82) is 0 Å². The topological polar surface area (TPSA) is 12.0 Å². The lowest BCUT2D eigenvalue weighted by atomic mass is 9.81. The van der Waals surface area contributed by atoms with E-state index >= 15 is 0 Å². The van der Waals surface area contributed by atoms with Crippen LogP contribution in [0.4, 0.5) is 0 Å². The summed E-state index contributed by atoms with van der Waals surface area (Å²) in [5.74, 6) is 1.79. The van der Waals surface area contributed by atoms with Gasteiger partial charge in [0.15, 0.2) is 0 Å². The average molecular weight is 223 g/mol. The molecule has 1 rings (SSSR count). The highest BCUT2D eigenvalue weighted by molar-refractivity contribution is 5.06. The molecule has 0 spiro atoms. The number of hydrogen-bond donors (Lipinski definition) is 1. The smallest absolute Gasteiger partial charge is 0.0166 e. The molecule has 0 aromatic carbocycles. The van der Waals surface area contributed by atoms with E-state index in [4.69, 9.17) is 0 Å². The van der Waals surface area contributed by atoms with E-state index in [0.29, 0.717) is 6.04 Å². The van der Waals surface area contributed by atoms with Crippen molar-refractivity contribution in [1.82, 2.24) is 5.32 Å². The number of rotatable bonds is 5. The highest BCUT2D eigenvalue weighted by Gasteiger charge is 2.17. The van der Waals surface area contributed by atoms with Gasteiger partial charge >= 0.3 is 0 Å². The van der Waals surface area contributed by atoms with E-state index in [1.807, 2.05) is 0 Å². The fraction of sp³-hybridized carbons (Fsp3) is 0.867. The molecule has 0 saturated heterocycles. The van der Waals surface area contributed by atoms with Crippen LogP contribution in [0.25, 0.3) is 0 Å². The van der Waals surface area contributed by atoms with Crippen LogP contribution < -0.4 is 5.32 Å². The first kappa shape index (κ1) is 13.8. The van der Waals surface area contributed by atoms with Gasteiger partial charge in [0.05, 0.1) is 0 Å². The fourth-order valence-corrected chi connectivity index (χ4v) is 2.60. The minimum absolute atomic E-state index is 0.597. The molecule has 1 nitrogen and oxygen atoms in total. The molecule has 1 aliphatic rings. The molecule has 1 aliphatic carbocycles. The third-order valence-corrected chi connectivity index (χ3v) is 3.64. The summed E-state index contributed by atoms with van der Waals surface area (Å²) < 4.78 is 0. The molecule has 0 amide bonds. The maximum atomic E-state index is 3.53. The quantitative estimate of drug-likeness (QED) is 0.691. The van der Waals surface area contributed by atoms with Crippen LogP contribution in [0, 0.1) is 11.8 Å². The van der Waals surface area contributed by atoms with Gasteiger partial charge in [0, 0.05) is 12.6 Å². The van der Waals surface area contributed by atoms with Gasteiger partial charge in [0.1, 0.15) is 0 Å². The Morgan fingerprint density at radius 1 is 1.38 bits per heavy atom. The normalized spacial score (nSPS) is 27.4. The maximum absolute atomic E-state index is 3.53. The predicted molar refractivity (Wildman–Crippen MR) is 72.6 cm³/mol. The van der Waals surface area contributed by atoms with Crippen LogP contribution in [0.3, 0.4) is 0 Å².